The number of hydrogen-bond donors (Lipinski definition) is 1. The average Bonchev–Trinajstić information content (AvgIpc) is 2.67. The number of amides is 1. The Hall–Kier alpha value is -1.79. The summed E-state index contributed by atoms with van der Waals surface area (Å²) in [6.07, 6.45) is 0.208. The second-order valence-corrected chi connectivity index (χ2v) is 9.35. The van der Waals surface area contributed by atoms with Gasteiger partial charge in [-0.15, -0.1) is 0 Å². The quantitative estimate of drug-likeness (QED) is 0.583. The first-order valence-electron chi connectivity index (χ1n) is 10.1. The predicted molar refractivity (Wildman–Crippen MR) is 120 cm³/mol. The highest BCUT2D eigenvalue weighted by molar-refractivity contribution is 6.31. The third-order valence-electron chi connectivity index (χ3n) is 5.21. The zero-order valence-corrected chi connectivity index (χ0v) is 19.0. The van der Waals surface area contributed by atoms with Crippen LogP contribution in [0.1, 0.15) is 50.8 Å². The van der Waals surface area contributed by atoms with E-state index >= 15 is 0 Å². The Morgan fingerprint density at radius 2 is 1.70 bits per heavy atom. The lowest BCUT2D eigenvalue weighted by molar-refractivity contribution is -0.109. The second kappa shape index (κ2) is 9.56. The van der Waals surface area contributed by atoms with Crippen LogP contribution in [0.25, 0.3) is 0 Å². The Morgan fingerprint density at radius 1 is 1.10 bits per heavy atom. The Labute approximate surface area is 188 Å². The summed E-state index contributed by atoms with van der Waals surface area (Å²) in [7, 11) is 0. The van der Waals surface area contributed by atoms with Crippen molar-refractivity contribution in [1.82, 2.24) is 10.0 Å². The molecule has 1 N–H and O–H groups in total. The van der Waals surface area contributed by atoms with Crippen molar-refractivity contribution < 1.29 is 14.6 Å². The van der Waals surface area contributed by atoms with Gasteiger partial charge in [0, 0.05) is 28.7 Å². The maximum Gasteiger partial charge on any atom is 0.422 e. The molecular formula is C23H28Cl2N2O3. The number of rotatable bonds is 5. The van der Waals surface area contributed by atoms with E-state index in [0.29, 0.717) is 23.1 Å². The van der Waals surface area contributed by atoms with E-state index in [1.807, 2.05) is 74.3 Å². The lowest BCUT2D eigenvalue weighted by Crippen LogP contribution is -2.58. The maximum absolute atomic E-state index is 11.8. The summed E-state index contributed by atoms with van der Waals surface area (Å²) in [6, 6.07) is 15.3. The van der Waals surface area contributed by atoms with Crippen LogP contribution in [0.2, 0.25) is 10.0 Å². The zero-order valence-electron chi connectivity index (χ0n) is 17.5. The van der Waals surface area contributed by atoms with Crippen LogP contribution in [0, 0.1) is 0 Å². The van der Waals surface area contributed by atoms with Crippen LogP contribution < -0.4 is 0 Å². The van der Waals surface area contributed by atoms with Crippen molar-refractivity contribution in [3.63, 3.8) is 0 Å². The topological polar surface area (TPSA) is 53.0 Å². The van der Waals surface area contributed by atoms with Gasteiger partial charge in [-0.3, -0.25) is 0 Å². The van der Waals surface area contributed by atoms with E-state index in [4.69, 9.17) is 27.9 Å². The van der Waals surface area contributed by atoms with Crippen molar-refractivity contribution in [3.8, 4) is 0 Å². The van der Waals surface area contributed by atoms with E-state index in [9.17, 15) is 9.90 Å². The van der Waals surface area contributed by atoms with E-state index in [-0.39, 0.29) is 12.2 Å². The van der Waals surface area contributed by atoms with Crippen molar-refractivity contribution >= 4 is 29.3 Å². The molecule has 162 valence electrons. The highest BCUT2D eigenvalue weighted by Gasteiger charge is 2.35. The average molecular weight is 451 g/mol. The standard InChI is InChI=1S/C23H28Cl2N2O3/c1-23(2,3)27(22(28)29)26-14-12-18(13-15-26)30-21(16-8-10-17(24)11-9-16)19-6-4-5-7-20(19)25/h4-11,18,21H,12-15H2,1-3H3,(H,28,29). The van der Waals surface area contributed by atoms with Crippen molar-refractivity contribution in [2.24, 2.45) is 0 Å². The van der Waals surface area contributed by atoms with Crippen LogP contribution in [-0.4, -0.2) is 45.9 Å². The van der Waals surface area contributed by atoms with Gasteiger partial charge in [-0.1, -0.05) is 53.5 Å². The molecule has 1 amide bonds. The summed E-state index contributed by atoms with van der Waals surface area (Å²) < 4.78 is 6.54. The van der Waals surface area contributed by atoms with Crippen LogP contribution in [0.15, 0.2) is 48.5 Å². The van der Waals surface area contributed by atoms with Crippen LogP contribution in [0.5, 0.6) is 0 Å². The minimum Gasteiger partial charge on any atom is -0.464 e. The lowest BCUT2D eigenvalue weighted by atomic mass is 10.00. The van der Waals surface area contributed by atoms with Crippen molar-refractivity contribution in [2.45, 2.75) is 51.4 Å². The van der Waals surface area contributed by atoms with E-state index < -0.39 is 11.6 Å². The van der Waals surface area contributed by atoms with E-state index in [1.165, 1.54) is 5.01 Å². The number of carbonyl (C=O) groups is 1. The first-order valence-corrected chi connectivity index (χ1v) is 10.9. The molecule has 2 aromatic carbocycles. The van der Waals surface area contributed by atoms with Crippen LogP contribution in [0.4, 0.5) is 4.79 Å². The molecule has 1 aliphatic heterocycles. The minimum atomic E-state index is -0.933. The summed E-state index contributed by atoms with van der Waals surface area (Å²) in [5.41, 5.74) is 1.39. The molecule has 5 nitrogen and oxygen atoms in total. The molecule has 7 heteroatoms. The number of carboxylic acid groups (broad SMARTS) is 1. The number of piperidine rings is 1. The normalized spacial score (nSPS) is 17.0. The molecule has 3 rings (SSSR count). The van der Waals surface area contributed by atoms with Gasteiger partial charge < -0.3 is 9.84 Å². The van der Waals surface area contributed by atoms with E-state index in [1.54, 1.807) is 0 Å². The van der Waals surface area contributed by atoms with Crippen molar-refractivity contribution in [3.05, 3.63) is 69.7 Å². The molecule has 1 fully saturated rings. The van der Waals surface area contributed by atoms with Crippen LogP contribution >= 0.6 is 23.2 Å². The monoisotopic (exact) mass is 450 g/mol. The molecule has 30 heavy (non-hydrogen) atoms. The van der Waals surface area contributed by atoms with Gasteiger partial charge in [-0.2, -0.15) is 0 Å². The zero-order chi connectivity index (χ0) is 21.9. The summed E-state index contributed by atoms with van der Waals surface area (Å²) >= 11 is 12.5. The summed E-state index contributed by atoms with van der Waals surface area (Å²) in [4.78, 5) is 11.8. The smallest absolute Gasteiger partial charge is 0.422 e. The number of nitrogens with zero attached hydrogens (tertiary/aromatic N) is 2. The molecule has 0 aliphatic carbocycles. The SMILES string of the molecule is CC(C)(C)N(C(=O)O)N1CCC(OC(c2ccc(Cl)cc2)c2ccccc2Cl)CC1. The fourth-order valence-electron chi connectivity index (χ4n) is 3.86. The van der Waals surface area contributed by atoms with Gasteiger partial charge in [0.25, 0.3) is 0 Å². The lowest BCUT2D eigenvalue weighted by Gasteiger charge is -2.44. The first kappa shape index (κ1) is 22.9. The Balaban J connectivity index is 1.76. The van der Waals surface area contributed by atoms with Crippen molar-refractivity contribution in [1.29, 1.82) is 0 Å². The Bertz CT molecular complexity index is 859. The fraction of sp³-hybridized carbons (Fsp3) is 0.435. The van der Waals surface area contributed by atoms with Crippen LogP contribution in [-0.2, 0) is 4.74 Å². The molecule has 1 unspecified atom stereocenters. The molecular weight excluding hydrogens is 423 g/mol. The Kier molecular flexibility index (Phi) is 7.30. The molecule has 1 atom stereocenters. The Morgan fingerprint density at radius 3 is 2.23 bits per heavy atom. The predicted octanol–water partition coefficient (Wildman–Crippen LogP) is 6.26. The molecule has 0 bridgehead atoms. The summed E-state index contributed by atoms with van der Waals surface area (Å²) in [5, 5.41) is 14.3. The third-order valence-corrected chi connectivity index (χ3v) is 5.80. The summed E-state index contributed by atoms with van der Waals surface area (Å²) in [5.74, 6) is 0. The van der Waals surface area contributed by atoms with Crippen LogP contribution in [0.3, 0.4) is 0 Å². The van der Waals surface area contributed by atoms with Gasteiger partial charge in [-0.25, -0.2) is 14.8 Å². The molecule has 1 saturated heterocycles. The molecule has 1 aliphatic rings. The van der Waals surface area contributed by atoms with Gasteiger partial charge in [-0.05, 0) is 57.4 Å². The number of halogens is 2. The van der Waals surface area contributed by atoms with Gasteiger partial charge >= 0.3 is 6.09 Å². The largest absolute Gasteiger partial charge is 0.464 e. The van der Waals surface area contributed by atoms with Gasteiger partial charge in [0.1, 0.15) is 6.10 Å². The molecule has 0 spiro atoms. The number of hydrogen-bond acceptors (Lipinski definition) is 3. The number of ether oxygens (including phenoxy) is 1. The maximum atomic E-state index is 11.8. The highest BCUT2D eigenvalue weighted by atomic mass is 35.5. The molecule has 0 aromatic heterocycles. The molecule has 0 radical (unpaired) electrons. The van der Waals surface area contributed by atoms with Gasteiger partial charge in [0.15, 0.2) is 0 Å². The molecule has 2 aromatic rings. The second-order valence-electron chi connectivity index (χ2n) is 8.51. The third kappa shape index (κ3) is 5.46. The fourth-order valence-corrected chi connectivity index (χ4v) is 4.22. The molecule has 0 saturated carbocycles. The molecule has 1 heterocycles. The van der Waals surface area contributed by atoms with E-state index in [0.717, 1.165) is 24.0 Å². The van der Waals surface area contributed by atoms with Gasteiger partial charge in [0.05, 0.1) is 11.6 Å². The number of hydrazine groups is 1. The van der Waals surface area contributed by atoms with Gasteiger partial charge in [0.2, 0.25) is 0 Å². The summed E-state index contributed by atoms with van der Waals surface area (Å²) in [6.45, 7) is 6.93. The number of benzene rings is 2. The van der Waals surface area contributed by atoms with E-state index in [2.05, 4.69) is 0 Å². The highest BCUT2D eigenvalue weighted by Crippen LogP contribution is 2.35. The minimum absolute atomic E-state index is 0.00573. The first-order chi connectivity index (χ1) is 14.2. The van der Waals surface area contributed by atoms with Crippen molar-refractivity contribution in [2.75, 3.05) is 13.1 Å².